The number of amides is 1. The summed E-state index contributed by atoms with van der Waals surface area (Å²) in [5, 5.41) is 4.59. The first-order chi connectivity index (χ1) is 15.9. The Balaban J connectivity index is 1.31. The van der Waals surface area contributed by atoms with Crippen molar-refractivity contribution in [2.24, 2.45) is 0 Å². The van der Waals surface area contributed by atoms with E-state index >= 15 is 0 Å². The number of benzene rings is 2. The summed E-state index contributed by atoms with van der Waals surface area (Å²) in [6.45, 7) is 1.87. The van der Waals surface area contributed by atoms with Gasteiger partial charge in [-0.05, 0) is 42.5 Å². The molecule has 0 bridgehead atoms. The Morgan fingerprint density at radius 3 is 2.55 bits per heavy atom. The summed E-state index contributed by atoms with van der Waals surface area (Å²) in [7, 11) is -3.57. The molecule has 0 saturated carbocycles. The van der Waals surface area contributed by atoms with Crippen LogP contribution in [-0.4, -0.2) is 61.6 Å². The highest BCUT2D eigenvalue weighted by molar-refractivity contribution is 7.89. The van der Waals surface area contributed by atoms with Crippen molar-refractivity contribution in [1.29, 1.82) is 0 Å². The average molecular weight is 489 g/mol. The molecule has 2 aliphatic heterocycles. The van der Waals surface area contributed by atoms with Crippen LogP contribution >= 0.6 is 11.6 Å². The molecule has 2 aliphatic rings. The number of aromatic nitrogens is 2. The fourth-order valence-corrected chi connectivity index (χ4v) is 5.59. The highest BCUT2D eigenvalue weighted by Gasteiger charge is 2.35. The van der Waals surface area contributed by atoms with Crippen LogP contribution in [0.25, 0.3) is 11.4 Å². The molecule has 9 nitrogen and oxygen atoms in total. The van der Waals surface area contributed by atoms with Crippen molar-refractivity contribution in [2.45, 2.75) is 17.2 Å². The van der Waals surface area contributed by atoms with E-state index in [2.05, 4.69) is 10.1 Å². The normalized spacial score (nSPS) is 19.8. The van der Waals surface area contributed by atoms with Gasteiger partial charge in [-0.15, -0.1) is 0 Å². The number of hydrogen-bond donors (Lipinski definition) is 0. The molecular formula is C22H21ClN4O5S. The predicted octanol–water partition coefficient (Wildman–Crippen LogP) is 2.93. The Morgan fingerprint density at radius 2 is 1.82 bits per heavy atom. The number of carbonyl (C=O) groups excluding carboxylic acids is 1. The second-order valence-electron chi connectivity index (χ2n) is 7.88. The third-order valence-corrected chi connectivity index (χ3v) is 7.90. The number of sulfonamides is 1. The quantitative estimate of drug-likeness (QED) is 0.543. The molecule has 3 aromatic rings. The summed E-state index contributed by atoms with van der Waals surface area (Å²) in [4.78, 5) is 18.9. The number of nitrogens with zero attached hydrogens (tertiary/aromatic N) is 4. The van der Waals surface area contributed by atoms with Crippen molar-refractivity contribution in [3.8, 4) is 11.4 Å². The minimum absolute atomic E-state index is 0.0420. The first kappa shape index (κ1) is 22.0. The minimum Gasteiger partial charge on any atom is -0.379 e. The van der Waals surface area contributed by atoms with Crippen LogP contribution in [0.5, 0.6) is 0 Å². The maximum Gasteiger partial charge on any atom is 0.243 e. The van der Waals surface area contributed by atoms with Gasteiger partial charge in [-0.2, -0.15) is 9.29 Å². The van der Waals surface area contributed by atoms with Crippen LogP contribution in [0, 0.1) is 0 Å². The fourth-order valence-electron chi connectivity index (χ4n) is 4.00. The van der Waals surface area contributed by atoms with Gasteiger partial charge < -0.3 is 14.2 Å². The number of morpholine rings is 1. The molecule has 0 N–H and O–H groups in total. The molecule has 2 aromatic carbocycles. The molecule has 3 heterocycles. The second kappa shape index (κ2) is 8.86. The monoisotopic (exact) mass is 488 g/mol. The SMILES string of the molecule is O=C1C[C@H](c2nc(-c3ccc(S(=O)(=O)N4CCOCC4)cc3)no2)CN1c1cccc(Cl)c1. The lowest BCUT2D eigenvalue weighted by Gasteiger charge is -2.26. The Morgan fingerprint density at radius 1 is 1.06 bits per heavy atom. The highest BCUT2D eigenvalue weighted by atomic mass is 35.5. The van der Waals surface area contributed by atoms with E-state index in [4.69, 9.17) is 20.9 Å². The standard InChI is InChI=1S/C22H21ClN4O5S/c23-17-2-1-3-18(13-17)27-14-16(12-20(27)28)22-24-21(25-32-22)15-4-6-19(7-5-15)33(29,30)26-8-10-31-11-9-26/h1-7,13,16H,8-12,14H2/t16-/m0/s1. The zero-order valence-corrected chi connectivity index (χ0v) is 19.1. The van der Waals surface area contributed by atoms with Gasteiger partial charge in [-0.25, -0.2) is 8.42 Å². The van der Waals surface area contributed by atoms with Crippen LogP contribution in [0.15, 0.2) is 57.9 Å². The van der Waals surface area contributed by atoms with Gasteiger partial charge in [-0.1, -0.05) is 22.8 Å². The number of hydrogen-bond acceptors (Lipinski definition) is 7. The Kier molecular flexibility index (Phi) is 5.92. The van der Waals surface area contributed by atoms with Crippen LogP contribution in [0.3, 0.4) is 0 Å². The smallest absolute Gasteiger partial charge is 0.243 e. The Bertz CT molecular complexity index is 1270. The third-order valence-electron chi connectivity index (χ3n) is 5.76. The second-order valence-corrected chi connectivity index (χ2v) is 10.3. The van der Waals surface area contributed by atoms with E-state index in [1.807, 2.05) is 6.07 Å². The van der Waals surface area contributed by atoms with E-state index < -0.39 is 10.0 Å². The molecule has 0 aliphatic carbocycles. The van der Waals surface area contributed by atoms with Gasteiger partial charge in [0.2, 0.25) is 27.6 Å². The van der Waals surface area contributed by atoms with E-state index in [1.165, 1.54) is 16.4 Å². The lowest BCUT2D eigenvalue weighted by molar-refractivity contribution is -0.117. The third kappa shape index (κ3) is 4.39. The molecule has 1 aromatic heterocycles. The first-order valence-corrected chi connectivity index (χ1v) is 12.3. The lowest BCUT2D eigenvalue weighted by Crippen LogP contribution is -2.40. The molecule has 2 saturated heterocycles. The van der Waals surface area contributed by atoms with Crippen LogP contribution < -0.4 is 4.90 Å². The summed E-state index contributed by atoms with van der Waals surface area (Å²) in [5.41, 5.74) is 1.36. The average Bonchev–Trinajstić information content (AvgIpc) is 3.47. The van der Waals surface area contributed by atoms with Crippen LogP contribution in [0.4, 0.5) is 5.69 Å². The molecule has 0 spiro atoms. The highest BCUT2D eigenvalue weighted by Crippen LogP contribution is 2.33. The topological polar surface area (TPSA) is 106 Å². The molecule has 1 atom stereocenters. The summed E-state index contributed by atoms with van der Waals surface area (Å²) in [6, 6.07) is 13.5. The maximum absolute atomic E-state index is 12.8. The molecule has 1 amide bonds. The molecule has 0 unspecified atom stereocenters. The molecule has 11 heteroatoms. The number of ether oxygens (including phenoxy) is 1. The molecule has 172 valence electrons. The van der Waals surface area contributed by atoms with Gasteiger partial charge in [0.15, 0.2) is 0 Å². The van der Waals surface area contributed by atoms with E-state index in [9.17, 15) is 13.2 Å². The van der Waals surface area contributed by atoms with Crippen LogP contribution in [0.1, 0.15) is 18.2 Å². The summed E-state index contributed by atoms with van der Waals surface area (Å²) in [5.74, 6) is 0.431. The van der Waals surface area contributed by atoms with Crippen LogP contribution in [0.2, 0.25) is 5.02 Å². The van der Waals surface area contributed by atoms with Crippen molar-refractivity contribution in [1.82, 2.24) is 14.4 Å². The van der Waals surface area contributed by atoms with Crippen LogP contribution in [-0.2, 0) is 19.6 Å². The van der Waals surface area contributed by atoms with E-state index in [0.29, 0.717) is 55.1 Å². The zero-order chi connectivity index (χ0) is 23.0. The Labute approximate surface area is 195 Å². The number of anilines is 1. The summed E-state index contributed by atoms with van der Waals surface area (Å²) < 4.78 is 37.7. The van der Waals surface area contributed by atoms with Crippen molar-refractivity contribution >= 4 is 33.2 Å². The predicted molar refractivity (Wildman–Crippen MR) is 120 cm³/mol. The van der Waals surface area contributed by atoms with E-state index in [0.717, 1.165) is 5.69 Å². The zero-order valence-electron chi connectivity index (χ0n) is 17.6. The van der Waals surface area contributed by atoms with Crippen molar-refractivity contribution in [3.63, 3.8) is 0 Å². The van der Waals surface area contributed by atoms with Crippen molar-refractivity contribution < 1.29 is 22.5 Å². The number of rotatable bonds is 5. The van der Waals surface area contributed by atoms with E-state index in [1.54, 1.807) is 35.2 Å². The van der Waals surface area contributed by atoms with Gasteiger partial charge in [0.05, 0.1) is 24.0 Å². The van der Waals surface area contributed by atoms with E-state index in [-0.39, 0.29) is 23.1 Å². The van der Waals surface area contributed by atoms with Gasteiger partial charge in [0, 0.05) is 42.3 Å². The molecular weight excluding hydrogens is 468 g/mol. The minimum atomic E-state index is -3.57. The lowest BCUT2D eigenvalue weighted by atomic mass is 10.1. The summed E-state index contributed by atoms with van der Waals surface area (Å²) >= 11 is 6.05. The number of carbonyl (C=O) groups is 1. The molecule has 33 heavy (non-hydrogen) atoms. The van der Waals surface area contributed by atoms with Gasteiger partial charge in [0.1, 0.15) is 0 Å². The summed E-state index contributed by atoms with van der Waals surface area (Å²) in [6.07, 6.45) is 0.255. The largest absolute Gasteiger partial charge is 0.379 e. The fraction of sp³-hybridized carbons (Fsp3) is 0.318. The van der Waals surface area contributed by atoms with Gasteiger partial charge in [0.25, 0.3) is 0 Å². The Hall–Kier alpha value is -2.79. The maximum atomic E-state index is 12.8. The van der Waals surface area contributed by atoms with Gasteiger partial charge in [-0.3, -0.25) is 4.79 Å². The molecule has 5 rings (SSSR count). The molecule has 0 radical (unpaired) electrons. The molecule has 2 fully saturated rings. The van der Waals surface area contributed by atoms with Crippen molar-refractivity contribution in [2.75, 3.05) is 37.7 Å². The van der Waals surface area contributed by atoms with Gasteiger partial charge >= 0.3 is 0 Å². The van der Waals surface area contributed by atoms with Crippen molar-refractivity contribution in [3.05, 3.63) is 59.4 Å². The number of halogens is 1. The first-order valence-electron chi connectivity index (χ1n) is 10.5.